The van der Waals surface area contributed by atoms with Crippen molar-refractivity contribution in [2.45, 2.75) is 32.0 Å². The zero-order valence-corrected chi connectivity index (χ0v) is 21.3. The van der Waals surface area contributed by atoms with Gasteiger partial charge >= 0.3 is 6.61 Å². The highest BCUT2D eigenvalue weighted by Gasteiger charge is 2.31. The van der Waals surface area contributed by atoms with Crippen molar-refractivity contribution in [2.75, 3.05) is 25.0 Å². The molecule has 4 N–H and O–H groups in total. The highest BCUT2D eigenvalue weighted by atomic mass is 19.3. The molecule has 1 fully saturated rings. The molecule has 1 atom stereocenters. The molecular weight excluding hydrogens is 532 g/mol. The Balaban J connectivity index is 1.39. The fourth-order valence-electron chi connectivity index (χ4n) is 4.67. The van der Waals surface area contributed by atoms with Crippen LogP contribution >= 0.6 is 0 Å². The second-order valence-corrected chi connectivity index (χ2v) is 9.41. The number of fused-ring (bicyclic) bond motifs is 1. The zero-order valence-electron chi connectivity index (χ0n) is 21.3. The molecule has 1 aliphatic rings. The summed E-state index contributed by atoms with van der Waals surface area (Å²) in [4.78, 5) is 21.4. The van der Waals surface area contributed by atoms with E-state index in [1.807, 2.05) is 6.92 Å². The number of hydrogen-bond donors (Lipinski definition) is 4. The number of aryl methyl sites for hydroxylation is 1. The third-order valence-electron chi connectivity index (χ3n) is 6.76. The predicted octanol–water partition coefficient (Wildman–Crippen LogP) is 4.04. The van der Waals surface area contributed by atoms with Crippen LogP contribution in [0.4, 0.5) is 29.1 Å². The van der Waals surface area contributed by atoms with Gasteiger partial charge in [0, 0.05) is 42.3 Å². The third-order valence-corrected chi connectivity index (χ3v) is 6.76. The first-order valence-corrected chi connectivity index (χ1v) is 12.6. The molecule has 2 aromatic heterocycles. The van der Waals surface area contributed by atoms with Crippen LogP contribution in [-0.2, 0) is 6.42 Å². The first-order valence-electron chi connectivity index (χ1n) is 12.6. The topological polar surface area (TPSA) is 113 Å². The highest BCUT2D eigenvalue weighted by Crippen LogP contribution is 2.32. The smallest absolute Gasteiger partial charge is 0.387 e. The summed E-state index contributed by atoms with van der Waals surface area (Å²) in [5, 5.41) is 19.5. The minimum absolute atomic E-state index is 0.141. The number of aromatic nitrogens is 3. The summed E-state index contributed by atoms with van der Waals surface area (Å²) in [5.41, 5.74) is 1.15. The van der Waals surface area contributed by atoms with Crippen molar-refractivity contribution in [2.24, 2.45) is 0 Å². The number of carbonyl (C=O) groups is 1. The molecule has 1 unspecified atom stereocenters. The van der Waals surface area contributed by atoms with Gasteiger partial charge in [0.2, 0.25) is 5.82 Å². The van der Waals surface area contributed by atoms with Gasteiger partial charge in [-0.1, -0.05) is 6.92 Å². The summed E-state index contributed by atoms with van der Waals surface area (Å²) in [6, 6.07) is 7.23. The van der Waals surface area contributed by atoms with Crippen LogP contribution < -0.4 is 20.7 Å². The standard InChI is InChI=1S/C27H26F4N6O3/c1-2-15-11-16(3-4-17(15)25(38)35-14-27(39)7-8-32-13-27)36-23-24-34-12-19(37(24)10-9-33-23)18-5-6-20(40-26(30)31)22(29)21(18)28/h3-6,9-12,26,32,39H,2,7-8,13-14H2,1H3,(H,33,36)(H,35,38). The van der Waals surface area contributed by atoms with E-state index in [-0.39, 0.29) is 23.7 Å². The Bertz CT molecular complexity index is 1560. The van der Waals surface area contributed by atoms with E-state index >= 15 is 0 Å². The summed E-state index contributed by atoms with van der Waals surface area (Å²) in [7, 11) is 0. The number of carbonyl (C=O) groups excluding carboxylic acids is 1. The van der Waals surface area contributed by atoms with Gasteiger partial charge in [-0.15, -0.1) is 0 Å². The molecule has 2 aromatic carbocycles. The van der Waals surface area contributed by atoms with Crippen LogP contribution in [0.15, 0.2) is 48.9 Å². The number of imidazole rings is 1. The summed E-state index contributed by atoms with van der Waals surface area (Å²) in [6.45, 7) is -0.128. The minimum atomic E-state index is -3.30. The number of nitrogens with one attached hydrogen (secondary N) is 3. The Hall–Kier alpha value is -4.23. The molecule has 5 rings (SSSR count). The van der Waals surface area contributed by atoms with Gasteiger partial charge in [-0.3, -0.25) is 9.20 Å². The number of amides is 1. The second kappa shape index (κ2) is 11.1. The van der Waals surface area contributed by atoms with Crippen LogP contribution in [0.3, 0.4) is 0 Å². The van der Waals surface area contributed by atoms with Crippen molar-refractivity contribution in [3.05, 3.63) is 71.7 Å². The number of rotatable bonds is 9. The van der Waals surface area contributed by atoms with Crippen LogP contribution in [0.5, 0.6) is 5.75 Å². The Labute approximate surface area is 226 Å². The number of hydrogen-bond acceptors (Lipinski definition) is 7. The van der Waals surface area contributed by atoms with Crippen molar-refractivity contribution < 1.29 is 32.2 Å². The van der Waals surface area contributed by atoms with Crippen molar-refractivity contribution >= 4 is 23.1 Å². The molecule has 0 spiro atoms. The fraction of sp³-hybridized carbons (Fsp3) is 0.296. The van der Waals surface area contributed by atoms with Gasteiger partial charge in [0.15, 0.2) is 23.0 Å². The Kier molecular flexibility index (Phi) is 7.59. The van der Waals surface area contributed by atoms with Gasteiger partial charge < -0.3 is 25.8 Å². The maximum Gasteiger partial charge on any atom is 0.387 e. The third kappa shape index (κ3) is 5.42. The van der Waals surface area contributed by atoms with E-state index in [1.165, 1.54) is 23.0 Å². The van der Waals surface area contributed by atoms with E-state index in [0.717, 1.165) is 17.7 Å². The average Bonchev–Trinajstić information content (AvgIpc) is 3.57. The molecule has 1 aliphatic heterocycles. The number of nitrogens with zero attached hydrogens (tertiary/aromatic N) is 3. The first kappa shape index (κ1) is 27.3. The van der Waals surface area contributed by atoms with Crippen LogP contribution in [0, 0.1) is 11.6 Å². The monoisotopic (exact) mass is 558 g/mol. The quantitative estimate of drug-likeness (QED) is 0.230. The molecule has 13 heteroatoms. The summed E-state index contributed by atoms with van der Waals surface area (Å²) in [5.74, 6) is -3.78. The number of ether oxygens (including phenoxy) is 1. The molecule has 0 saturated carbocycles. The molecule has 0 bridgehead atoms. The van der Waals surface area contributed by atoms with Crippen molar-refractivity contribution in [3.8, 4) is 17.0 Å². The maximum atomic E-state index is 14.8. The van der Waals surface area contributed by atoms with Crippen molar-refractivity contribution in [3.63, 3.8) is 0 Å². The molecule has 40 heavy (non-hydrogen) atoms. The van der Waals surface area contributed by atoms with Crippen LogP contribution in [0.25, 0.3) is 16.9 Å². The predicted molar refractivity (Wildman–Crippen MR) is 139 cm³/mol. The van der Waals surface area contributed by atoms with Gasteiger partial charge in [0.1, 0.15) is 0 Å². The summed E-state index contributed by atoms with van der Waals surface area (Å²) >= 11 is 0. The van der Waals surface area contributed by atoms with Crippen LogP contribution in [0.1, 0.15) is 29.3 Å². The van der Waals surface area contributed by atoms with Crippen molar-refractivity contribution in [1.82, 2.24) is 25.0 Å². The molecule has 0 aliphatic carbocycles. The molecule has 1 amide bonds. The lowest BCUT2D eigenvalue weighted by Gasteiger charge is -2.22. The molecule has 0 radical (unpaired) electrons. The van der Waals surface area contributed by atoms with Gasteiger partial charge in [0.25, 0.3) is 5.91 Å². The van der Waals surface area contributed by atoms with Crippen LogP contribution in [-0.4, -0.2) is 57.2 Å². The molecule has 3 heterocycles. The number of β-amino-alcohol motifs (C(OH)–C–C–N with tert-alkyl or cyclic N) is 1. The van der Waals surface area contributed by atoms with E-state index in [9.17, 15) is 27.5 Å². The average molecular weight is 559 g/mol. The molecular formula is C27H26F4N6O3. The minimum Gasteiger partial charge on any atom is -0.432 e. The molecule has 210 valence electrons. The SMILES string of the molecule is CCc1cc(Nc2nccn3c(-c4ccc(OC(F)F)c(F)c4F)cnc23)ccc1C(=O)NCC1(O)CCNC1. The van der Waals surface area contributed by atoms with Crippen molar-refractivity contribution in [1.29, 1.82) is 0 Å². The van der Waals surface area contributed by atoms with Gasteiger partial charge in [-0.2, -0.15) is 13.2 Å². The Morgan fingerprint density at radius 3 is 2.77 bits per heavy atom. The number of halogens is 4. The molecule has 4 aromatic rings. The highest BCUT2D eigenvalue weighted by molar-refractivity contribution is 5.96. The molecule has 1 saturated heterocycles. The normalized spacial score (nSPS) is 17.0. The lowest BCUT2D eigenvalue weighted by atomic mass is 10.0. The second-order valence-electron chi connectivity index (χ2n) is 9.41. The first-order chi connectivity index (χ1) is 19.2. The lowest BCUT2D eigenvalue weighted by Crippen LogP contribution is -2.44. The number of anilines is 2. The maximum absolute atomic E-state index is 14.8. The van der Waals surface area contributed by atoms with E-state index in [1.54, 1.807) is 18.2 Å². The summed E-state index contributed by atoms with van der Waals surface area (Å²) in [6.07, 6.45) is 5.37. The number of aliphatic hydroxyl groups is 1. The van der Waals surface area contributed by atoms with Gasteiger partial charge in [0.05, 0.1) is 17.5 Å². The fourth-order valence-corrected chi connectivity index (χ4v) is 4.67. The summed E-state index contributed by atoms with van der Waals surface area (Å²) < 4.78 is 59.6. The Morgan fingerprint density at radius 1 is 1.23 bits per heavy atom. The lowest BCUT2D eigenvalue weighted by molar-refractivity contribution is -0.0525. The van der Waals surface area contributed by atoms with E-state index in [0.29, 0.717) is 48.6 Å². The van der Waals surface area contributed by atoms with Gasteiger partial charge in [-0.25, -0.2) is 14.4 Å². The van der Waals surface area contributed by atoms with Gasteiger partial charge in [-0.05, 0) is 55.3 Å². The van der Waals surface area contributed by atoms with Crippen LogP contribution in [0.2, 0.25) is 0 Å². The number of alkyl halides is 2. The number of benzene rings is 2. The van der Waals surface area contributed by atoms with E-state index < -0.39 is 29.6 Å². The zero-order chi connectivity index (χ0) is 28.4. The molecule has 9 nitrogen and oxygen atoms in total. The largest absolute Gasteiger partial charge is 0.432 e. The van der Waals surface area contributed by atoms with E-state index in [2.05, 4.69) is 30.7 Å². The Morgan fingerprint density at radius 2 is 2.05 bits per heavy atom. The van der Waals surface area contributed by atoms with E-state index in [4.69, 9.17) is 0 Å².